The molecule has 1 saturated heterocycles. The molecule has 2 aliphatic rings. The number of hydrogen-bond donors (Lipinski definition) is 1. The minimum Gasteiger partial charge on any atom is -0.489 e. The predicted octanol–water partition coefficient (Wildman–Crippen LogP) is 7.82. The Morgan fingerprint density at radius 3 is 2.09 bits per heavy atom. The van der Waals surface area contributed by atoms with E-state index in [0.717, 1.165) is 22.3 Å². The zero-order chi connectivity index (χ0) is 30.7. The van der Waals surface area contributed by atoms with Crippen LogP contribution in [0.15, 0.2) is 109 Å². The molecule has 1 amide bonds. The van der Waals surface area contributed by atoms with Gasteiger partial charge in [-0.15, -0.1) is 0 Å². The third kappa shape index (κ3) is 6.30. The molecule has 6 rings (SSSR count). The maximum Gasteiger partial charge on any atom is 0.492 e. The molecule has 1 N–H and O–H groups in total. The number of carbonyl (C=O) groups excluding carboxylic acids is 1. The SMILES string of the molecule is CC1(C)OB(C(=Cc2cccc(OCc3ccccc3)c2)CNC(=O)OCC2c3ccccc3-c3ccccc32)OC1(C)C. The van der Waals surface area contributed by atoms with Gasteiger partial charge in [0, 0.05) is 12.5 Å². The first-order valence-electron chi connectivity index (χ1n) is 15.1. The van der Waals surface area contributed by atoms with E-state index >= 15 is 0 Å². The van der Waals surface area contributed by atoms with Gasteiger partial charge in [-0.2, -0.15) is 0 Å². The lowest BCUT2D eigenvalue weighted by Gasteiger charge is -2.32. The number of amides is 1. The summed E-state index contributed by atoms with van der Waals surface area (Å²) < 4.78 is 24.6. The summed E-state index contributed by atoms with van der Waals surface area (Å²) in [4.78, 5) is 13.1. The van der Waals surface area contributed by atoms with Crippen LogP contribution >= 0.6 is 0 Å². The van der Waals surface area contributed by atoms with Crippen molar-refractivity contribution in [2.45, 2.75) is 51.4 Å². The smallest absolute Gasteiger partial charge is 0.489 e. The minimum atomic E-state index is -0.636. The molecule has 0 unspecified atom stereocenters. The standard InChI is InChI=1S/C37H38BNO5/c1-36(2)37(3,4)44-38(43-36)28(21-27-15-12-16-29(22-27)41-24-26-13-6-5-7-14-26)23-39-35(40)42-25-34-32-19-10-8-17-30(32)31-18-9-11-20-33(31)34/h5-22,34H,23-25H2,1-4H3,(H,39,40). The second kappa shape index (κ2) is 12.3. The van der Waals surface area contributed by atoms with Crippen LogP contribution in [0, 0.1) is 0 Å². The van der Waals surface area contributed by atoms with E-state index in [1.54, 1.807) is 0 Å². The van der Waals surface area contributed by atoms with Gasteiger partial charge in [-0.05, 0) is 78.7 Å². The summed E-state index contributed by atoms with van der Waals surface area (Å²) in [6.45, 7) is 8.98. The molecular formula is C37H38BNO5. The Balaban J connectivity index is 1.16. The highest BCUT2D eigenvalue weighted by Crippen LogP contribution is 2.44. The summed E-state index contributed by atoms with van der Waals surface area (Å²) >= 11 is 0. The van der Waals surface area contributed by atoms with Gasteiger partial charge in [-0.25, -0.2) is 4.79 Å². The van der Waals surface area contributed by atoms with Crippen LogP contribution in [0.2, 0.25) is 0 Å². The van der Waals surface area contributed by atoms with Crippen LogP contribution in [-0.2, 0) is 20.7 Å². The summed E-state index contributed by atoms with van der Waals surface area (Å²) in [5.74, 6) is 0.741. The quantitative estimate of drug-likeness (QED) is 0.202. The fraction of sp³-hybridized carbons (Fsp3) is 0.270. The molecule has 1 heterocycles. The fourth-order valence-corrected chi connectivity index (χ4v) is 5.67. The van der Waals surface area contributed by atoms with Crippen molar-refractivity contribution in [3.8, 4) is 16.9 Å². The monoisotopic (exact) mass is 587 g/mol. The van der Waals surface area contributed by atoms with Gasteiger partial charge in [0.05, 0.1) is 11.2 Å². The predicted molar refractivity (Wildman–Crippen MR) is 174 cm³/mol. The van der Waals surface area contributed by atoms with E-state index < -0.39 is 24.4 Å². The minimum absolute atomic E-state index is 0.00937. The second-order valence-electron chi connectivity index (χ2n) is 12.3. The Hall–Kier alpha value is -4.33. The van der Waals surface area contributed by atoms with Crippen LogP contribution in [0.1, 0.15) is 55.9 Å². The third-order valence-electron chi connectivity index (χ3n) is 8.80. The molecule has 0 radical (unpaired) electrons. The lowest BCUT2D eigenvalue weighted by atomic mass is 9.77. The molecule has 44 heavy (non-hydrogen) atoms. The van der Waals surface area contributed by atoms with E-state index in [9.17, 15) is 4.79 Å². The lowest BCUT2D eigenvalue weighted by molar-refractivity contribution is 0.00578. The molecule has 1 fully saturated rings. The number of nitrogens with one attached hydrogen (secondary N) is 1. The maximum absolute atomic E-state index is 13.1. The van der Waals surface area contributed by atoms with E-state index in [-0.39, 0.29) is 19.1 Å². The molecule has 1 aliphatic heterocycles. The zero-order valence-electron chi connectivity index (χ0n) is 25.7. The van der Waals surface area contributed by atoms with Crippen LogP contribution in [0.4, 0.5) is 4.79 Å². The fourth-order valence-electron chi connectivity index (χ4n) is 5.67. The zero-order valence-corrected chi connectivity index (χ0v) is 25.7. The van der Waals surface area contributed by atoms with Crippen LogP contribution in [-0.4, -0.2) is 37.6 Å². The van der Waals surface area contributed by atoms with Crippen molar-refractivity contribution >= 4 is 19.3 Å². The third-order valence-corrected chi connectivity index (χ3v) is 8.80. The van der Waals surface area contributed by atoms with Crippen molar-refractivity contribution in [2.75, 3.05) is 13.2 Å². The molecule has 0 spiro atoms. The molecule has 7 heteroatoms. The molecule has 1 aliphatic carbocycles. The number of alkyl carbamates (subject to hydrolysis) is 1. The molecule has 0 aromatic heterocycles. The Bertz CT molecular complexity index is 1600. The van der Waals surface area contributed by atoms with Crippen LogP contribution in [0.5, 0.6) is 5.75 Å². The van der Waals surface area contributed by atoms with E-state index in [4.69, 9.17) is 18.8 Å². The van der Waals surface area contributed by atoms with E-state index in [1.807, 2.05) is 113 Å². The molecule has 0 saturated carbocycles. The lowest BCUT2D eigenvalue weighted by Crippen LogP contribution is -2.41. The van der Waals surface area contributed by atoms with Gasteiger partial charge in [0.25, 0.3) is 0 Å². The van der Waals surface area contributed by atoms with Gasteiger partial charge in [0.1, 0.15) is 19.0 Å². The molecule has 6 nitrogen and oxygen atoms in total. The van der Waals surface area contributed by atoms with E-state index in [2.05, 4.69) is 29.6 Å². The van der Waals surface area contributed by atoms with Crippen LogP contribution in [0.3, 0.4) is 0 Å². The highest BCUT2D eigenvalue weighted by Gasteiger charge is 2.52. The maximum atomic E-state index is 13.1. The van der Waals surface area contributed by atoms with E-state index in [0.29, 0.717) is 6.61 Å². The number of ether oxygens (including phenoxy) is 2. The normalized spacial score (nSPS) is 16.7. The Labute approximate surface area is 260 Å². The van der Waals surface area contributed by atoms with Crippen molar-refractivity contribution < 1.29 is 23.6 Å². The van der Waals surface area contributed by atoms with Gasteiger partial charge in [0.15, 0.2) is 0 Å². The number of rotatable bonds is 9. The summed E-state index contributed by atoms with van der Waals surface area (Å²) in [5, 5.41) is 2.95. The van der Waals surface area contributed by atoms with E-state index in [1.165, 1.54) is 22.3 Å². The summed E-state index contributed by atoms with van der Waals surface area (Å²) in [7, 11) is -0.636. The number of carbonyl (C=O) groups is 1. The van der Waals surface area contributed by atoms with Crippen molar-refractivity contribution in [3.63, 3.8) is 0 Å². The Kier molecular flexibility index (Phi) is 8.34. The van der Waals surface area contributed by atoms with Gasteiger partial charge < -0.3 is 24.1 Å². The molecule has 224 valence electrons. The van der Waals surface area contributed by atoms with Crippen LogP contribution in [0.25, 0.3) is 17.2 Å². The first kappa shape index (κ1) is 29.7. The second-order valence-corrected chi connectivity index (χ2v) is 12.3. The Morgan fingerprint density at radius 2 is 1.43 bits per heavy atom. The van der Waals surface area contributed by atoms with Gasteiger partial charge in [-0.1, -0.05) is 97.1 Å². The van der Waals surface area contributed by atoms with Crippen molar-refractivity contribution in [1.82, 2.24) is 5.32 Å². The molecular weight excluding hydrogens is 549 g/mol. The summed E-state index contributed by atoms with van der Waals surface area (Å²) in [6, 6.07) is 34.5. The largest absolute Gasteiger partial charge is 0.492 e. The average Bonchev–Trinajstić information content (AvgIpc) is 3.46. The molecule has 0 atom stereocenters. The number of fused-ring (bicyclic) bond motifs is 3. The number of hydrogen-bond acceptors (Lipinski definition) is 5. The number of benzene rings is 4. The molecule has 0 bridgehead atoms. The highest BCUT2D eigenvalue weighted by atomic mass is 16.7. The topological polar surface area (TPSA) is 66.0 Å². The first-order chi connectivity index (χ1) is 21.2. The average molecular weight is 588 g/mol. The summed E-state index contributed by atoms with van der Waals surface area (Å²) in [6.07, 6.45) is 1.50. The molecule has 4 aromatic rings. The highest BCUT2D eigenvalue weighted by molar-refractivity contribution is 6.56. The van der Waals surface area contributed by atoms with Crippen molar-refractivity contribution in [2.24, 2.45) is 0 Å². The van der Waals surface area contributed by atoms with Crippen molar-refractivity contribution in [3.05, 3.63) is 131 Å². The van der Waals surface area contributed by atoms with Gasteiger partial charge >= 0.3 is 13.2 Å². The molecule has 4 aromatic carbocycles. The van der Waals surface area contributed by atoms with Crippen molar-refractivity contribution in [1.29, 1.82) is 0 Å². The Morgan fingerprint density at radius 1 is 0.818 bits per heavy atom. The van der Waals surface area contributed by atoms with Gasteiger partial charge in [0.2, 0.25) is 0 Å². The van der Waals surface area contributed by atoms with Crippen LogP contribution < -0.4 is 10.1 Å². The first-order valence-corrected chi connectivity index (χ1v) is 15.1. The van der Waals surface area contributed by atoms with Gasteiger partial charge in [-0.3, -0.25) is 0 Å². The summed E-state index contributed by atoms with van der Waals surface area (Å²) in [5.41, 5.74) is 6.46.